The second-order valence-electron chi connectivity index (χ2n) is 24.4. The van der Waals surface area contributed by atoms with Gasteiger partial charge in [-0.15, -0.1) is 0 Å². The van der Waals surface area contributed by atoms with E-state index in [1.807, 2.05) is 13.8 Å². The molecule has 88 heavy (non-hydrogen) atoms. The Bertz CT molecular complexity index is 3130. The molecule has 484 valence electrons. The number of rotatable bonds is 18. The number of ether oxygens (including phenoxy) is 5. The monoisotopic (exact) mass is 1240 g/mol. The van der Waals surface area contributed by atoms with Crippen LogP contribution < -0.4 is 14.5 Å². The summed E-state index contributed by atoms with van der Waals surface area (Å²) in [5.74, 6) is -0.913. The molecule has 0 saturated heterocycles. The van der Waals surface area contributed by atoms with Crippen LogP contribution in [0.25, 0.3) is 0 Å². The van der Waals surface area contributed by atoms with Gasteiger partial charge in [-0.3, -0.25) is 29.0 Å². The molecule has 4 aliphatic rings. The Labute approximate surface area is 511 Å². The summed E-state index contributed by atoms with van der Waals surface area (Å²) in [6, 6.07) is 18.6. The van der Waals surface area contributed by atoms with Crippen molar-refractivity contribution in [1.82, 2.24) is 9.80 Å². The van der Waals surface area contributed by atoms with Crippen molar-refractivity contribution in [3.63, 3.8) is 0 Å². The molecule has 0 spiro atoms. The maximum absolute atomic E-state index is 13.8. The van der Waals surface area contributed by atoms with Gasteiger partial charge in [-0.1, -0.05) is 45.5 Å². The van der Waals surface area contributed by atoms with Crippen LogP contribution in [-0.4, -0.2) is 120 Å². The number of carbonyl (C=O) groups is 6. The number of alkyl halides is 6. The second-order valence-corrected chi connectivity index (χ2v) is 24.4. The number of hydrogen-bond acceptors (Lipinski definition) is 13. The lowest BCUT2D eigenvalue weighted by Crippen LogP contribution is -2.45. The van der Waals surface area contributed by atoms with Gasteiger partial charge in [-0.05, 0) is 187 Å². The molecule has 0 aromatic heterocycles. The molecule has 23 heteroatoms. The van der Waals surface area contributed by atoms with Gasteiger partial charge in [0.1, 0.15) is 42.4 Å². The zero-order valence-corrected chi connectivity index (χ0v) is 51.1. The highest BCUT2D eigenvalue weighted by Gasteiger charge is 2.47. The fraction of sp³-hybridized carbons (Fsp3) is 0.538. The summed E-state index contributed by atoms with van der Waals surface area (Å²) in [5.41, 5.74) is 1.06. The number of fused-ring (bicyclic) bond motifs is 2. The van der Waals surface area contributed by atoms with E-state index in [0.29, 0.717) is 59.6 Å². The molecule has 2 saturated carbocycles. The predicted molar refractivity (Wildman–Crippen MR) is 318 cm³/mol. The predicted octanol–water partition coefficient (Wildman–Crippen LogP) is 12.8. The Balaban J connectivity index is 0.000000267. The van der Waals surface area contributed by atoms with Crippen LogP contribution in [0.4, 0.5) is 47.3 Å². The summed E-state index contributed by atoms with van der Waals surface area (Å²) in [7, 11) is 0. The van der Waals surface area contributed by atoms with E-state index in [9.17, 15) is 60.2 Å². The smallest absolute Gasteiger partial charge is 0.416 e. The molecule has 4 amide bonds. The SMILES string of the molecule is C.CC1(c2ccc(CO)cc2C(F)(F)F)CC1.CCOC(=O)CCN(CC(=O)N1CCc2cc(O)ccc21)C(=O)OC(C)(C)C.CCOC(=O)CCN(CC(=O)N1CCc2cc(OCc3ccc(C4(C)CC4)c(C(F)(F)F)c3)ccc21)C(=O)OC(C)(C)C. The van der Waals surface area contributed by atoms with Crippen LogP contribution in [0.5, 0.6) is 11.5 Å². The first-order chi connectivity index (χ1) is 40.6. The van der Waals surface area contributed by atoms with Crippen LogP contribution in [0.3, 0.4) is 0 Å². The number of aliphatic hydroxyl groups excluding tert-OH is 1. The van der Waals surface area contributed by atoms with Crippen LogP contribution in [0.15, 0.2) is 72.8 Å². The number of carbonyl (C=O) groups excluding carboxylic acids is 6. The molecule has 0 bridgehead atoms. The quantitative estimate of drug-likeness (QED) is 0.0542. The Kier molecular flexibility index (Phi) is 23.6. The summed E-state index contributed by atoms with van der Waals surface area (Å²) in [5, 5.41) is 18.5. The van der Waals surface area contributed by atoms with E-state index < -0.39 is 64.2 Å². The lowest BCUT2D eigenvalue weighted by molar-refractivity contribution is -0.144. The number of phenols is 1. The van der Waals surface area contributed by atoms with Gasteiger partial charge in [0, 0.05) is 37.6 Å². The van der Waals surface area contributed by atoms with Crippen LogP contribution in [0.1, 0.15) is 160 Å². The molecule has 4 aromatic carbocycles. The molecule has 8 rings (SSSR count). The minimum absolute atomic E-state index is 0. The summed E-state index contributed by atoms with van der Waals surface area (Å²) in [6.07, 6.45) is -6.00. The van der Waals surface area contributed by atoms with Gasteiger partial charge in [-0.2, -0.15) is 26.3 Å². The maximum atomic E-state index is 13.8. The molecular formula is C65H84F6N4O13. The number of hydrogen-bond donors (Lipinski definition) is 2. The van der Waals surface area contributed by atoms with E-state index in [4.69, 9.17) is 28.8 Å². The van der Waals surface area contributed by atoms with Crippen LogP contribution in [0, 0.1) is 0 Å². The third-order valence-electron chi connectivity index (χ3n) is 14.9. The Morgan fingerprint density at radius 2 is 0.989 bits per heavy atom. The van der Waals surface area contributed by atoms with Gasteiger partial charge in [0.2, 0.25) is 11.8 Å². The fourth-order valence-corrected chi connectivity index (χ4v) is 9.89. The number of amides is 4. The highest BCUT2D eigenvalue weighted by molar-refractivity contribution is 5.99. The molecular weight excluding hydrogens is 1160 g/mol. The summed E-state index contributed by atoms with van der Waals surface area (Å²) >= 11 is 0. The zero-order chi connectivity index (χ0) is 64.5. The number of aromatic hydroxyl groups is 1. The van der Waals surface area contributed by atoms with Gasteiger partial charge < -0.3 is 43.7 Å². The fourth-order valence-electron chi connectivity index (χ4n) is 9.89. The molecule has 2 aliphatic carbocycles. The lowest BCUT2D eigenvalue weighted by Gasteiger charge is -2.28. The van der Waals surface area contributed by atoms with Gasteiger partial charge in [0.25, 0.3) is 0 Å². The van der Waals surface area contributed by atoms with Crippen molar-refractivity contribution in [3.8, 4) is 11.5 Å². The molecule has 4 aromatic rings. The van der Waals surface area contributed by atoms with E-state index in [-0.39, 0.29) is 95.9 Å². The van der Waals surface area contributed by atoms with Gasteiger partial charge in [0.15, 0.2) is 0 Å². The first-order valence-corrected chi connectivity index (χ1v) is 29.0. The van der Waals surface area contributed by atoms with Crippen LogP contribution in [-0.2, 0) is 87.4 Å². The van der Waals surface area contributed by atoms with Crippen molar-refractivity contribution in [1.29, 1.82) is 0 Å². The van der Waals surface area contributed by atoms with Crippen molar-refractivity contribution in [2.24, 2.45) is 0 Å². The third kappa shape index (κ3) is 20.0. The first-order valence-electron chi connectivity index (χ1n) is 29.0. The van der Waals surface area contributed by atoms with E-state index in [0.717, 1.165) is 48.6 Å². The third-order valence-corrected chi connectivity index (χ3v) is 14.9. The molecule has 2 N–H and O–H groups in total. The minimum Gasteiger partial charge on any atom is -0.508 e. The van der Waals surface area contributed by atoms with Gasteiger partial charge in [0.05, 0.1) is 43.8 Å². The number of phenolic OH excluding ortho intramolecular Hbond substituents is 1. The van der Waals surface area contributed by atoms with Crippen molar-refractivity contribution in [3.05, 3.63) is 117 Å². The van der Waals surface area contributed by atoms with E-state index >= 15 is 0 Å². The molecule has 0 unspecified atom stereocenters. The maximum Gasteiger partial charge on any atom is 0.416 e. The van der Waals surface area contributed by atoms with Gasteiger partial charge in [-0.25, -0.2) is 9.59 Å². The first kappa shape index (κ1) is 71.2. The molecule has 2 heterocycles. The number of anilines is 2. The molecule has 17 nitrogen and oxygen atoms in total. The normalized spacial score (nSPS) is 15.1. The number of nitrogens with zero attached hydrogens (tertiary/aromatic N) is 4. The van der Waals surface area contributed by atoms with E-state index in [1.165, 1.54) is 28.0 Å². The number of halogens is 6. The molecule has 0 radical (unpaired) electrons. The number of aliphatic hydroxyl groups is 1. The molecule has 2 fully saturated rings. The molecule has 2 aliphatic heterocycles. The topological polar surface area (TPSA) is 202 Å². The van der Waals surface area contributed by atoms with Crippen molar-refractivity contribution in [2.45, 2.75) is 176 Å². The zero-order valence-electron chi connectivity index (χ0n) is 51.1. The average Bonchev–Trinajstić information content (AvgIpc) is 2.56. The summed E-state index contributed by atoms with van der Waals surface area (Å²) in [4.78, 5) is 80.6. The molecule has 0 atom stereocenters. The van der Waals surface area contributed by atoms with Crippen LogP contribution >= 0.6 is 0 Å². The number of benzene rings is 4. The highest BCUT2D eigenvalue weighted by Crippen LogP contribution is 2.53. The van der Waals surface area contributed by atoms with E-state index in [2.05, 4.69) is 0 Å². The van der Waals surface area contributed by atoms with Crippen molar-refractivity contribution in [2.75, 3.05) is 62.3 Å². The van der Waals surface area contributed by atoms with Crippen LogP contribution in [0.2, 0.25) is 0 Å². The van der Waals surface area contributed by atoms with E-state index in [1.54, 1.807) is 114 Å². The van der Waals surface area contributed by atoms with Gasteiger partial charge >= 0.3 is 36.5 Å². The van der Waals surface area contributed by atoms with Crippen molar-refractivity contribution >= 4 is 47.3 Å². The standard InChI is InChI=1S/C32H39F3N2O6.C20H28N2O6.C12H13F3O.CH4/c1-6-41-28(39)12-15-36(29(40)43-30(2,3)4)19-27(38)37-16-11-22-18-23(8-10-26(22)37)42-20-21-7-9-24(31(5)13-14-31)25(17-21)32(33,34)35;1-5-27-18(25)9-10-21(19(26)28-20(2,3)4)13-17(24)22-11-8-14-12-15(23)6-7-16(14)22;1-11(4-5-11)9-3-2-8(7-16)6-10(9)12(13,14)15;/h7-10,17-18H,6,11-16,19-20H2,1-5H3;6-7,12,23H,5,8-11,13H2,1-4H3;2-3,6,16H,4-5,7H2,1H3;1H4. The van der Waals surface area contributed by atoms with Crippen molar-refractivity contribution < 1.29 is 89.0 Å². The minimum atomic E-state index is -4.45. The highest BCUT2D eigenvalue weighted by atomic mass is 19.4. The Morgan fingerprint density at radius 1 is 0.580 bits per heavy atom. The summed E-state index contributed by atoms with van der Waals surface area (Å²) < 4.78 is 106. The average molecular weight is 1240 g/mol. The number of esters is 2. The Morgan fingerprint density at radius 3 is 1.39 bits per heavy atom. The summed E-state index contributed by atoms with van der Waals surface area (Å²) in [6.45, 7) is 17.8. The largest absolute Gasteiger partial charge is 0.508 e. The Hall–Kier alpha value is -7.56. The lowest BCUT2D eigenvalue weighted by atomic mass is 9.91. The second kappa shape index (κ2) is 29.2.